The molecule has 4 nitrogen and oxygen atoms in total. The largest absolute Gasteiger partial charge is 0.339 e. The van der Waals surface area contributed by atoms with Gasteiger partial charge in [0.2, 0.25) is 11.8 Å². The molecule has 19 heavy (non-hydrogen) atoms. The van der Waals surface area contributed by atoms with Crippen LogP contribution in [0.1, 0.15) is 12.5 Å². The molecular weight excluding hydrogens is 264 g/mol. The summed E-state index contributed by atoms with van der Waals surface area (Å²) < 4.78 is 0. The Kier molecular flexibility index (Phi) is 4.43. The van der Waals surface area contributed by atoms with E-state index < -0.39 is 0 Å². The molecule has 0 atom stereocenters. The first kappa shape index (κ1) is 13.9. The summed E-state index contributed by atoms with van der Waals surface area (Å²) in [6.45, 7) is 4.02. The summed E-state index contributed by atoms with van der Waals surface area (Å²) in [5.74, 6) is 0.160. The van der Waals surface area contributed by atoms with Crippen molar-refractivity contribution in [2.45, 2.75) is 13.3 Å². The Bertz CT molecular complexity index is 482. The normalized spacial score (nSPS) is 15.5. The average molecular weight is 281 g/mol. The number of hydrogen-bond donors (Lipinski definition) is 0. The maximum atomic E-state index is 12.1. The van der Waals surface area contributed by atoms with E-state index >= 15 is 0 Å². The van der Waals surface area contributed by atoms with Crippen molar-refractivity contribution in [2.24, 2.45) is 0 Å². The van der Waals surface area contributed by atoms with E-state index in [0.29, 0.717) is 37.6 Å². The minimum Gasteiger partial charge on any atom is -0.339 e. The molecule has 1 aromatic carbocycles. The van der Waals surface area contributed by atoms with E-state index in [0.717, 1.165) is 5.56 Å². The van der Waals surface area contributed by atoms with Gasteiger partial charge in [0, 0.05) is 38.1 Å². The Morgan fingerprint density at radius 1 is 1.16 bits per heavy atom. The van der Waals surface area contributed by atoms with Crippen molar-refractivity contribution in [1.29, 1.82) is 0 Å². The second-order valence-electron chi connectivity index (χ2n) is 4.69. The number of halogens is 1. The maximum absolute atomic E-state index is 12.1. The fourth-order valence-corrected chi connectivity index (χ4v) is 2.42. The molecule has 102 valence electrons. The quantitative estimate of drug-likeness (QED) is 0.825. The summed E-state index contributed by atoms with van der Waals surface area (Å²) in [5.41, 5.74) is 0.923. The molecule has 2 rings (SSSR count). The van der Waals surface area contributed by atoms with E-state index in [4.69, 9.17) is 11.6 Å². The number of rotatable bonds is 2. The zero-order chi connectivity index (χ0) is 13.8. The van der Waals surface area contributed by atoms with Crippen LogP contribution in [0.4, 0.5) is 0 Å². The van der Waals surface area contributed by atoms with Crippen LogP contribution in [0.15, 0.2) is 24.3 Å². The summed E-state index contributed by atoms with van der Waals surface area (Å²) in [5, 5.41) is 0.645. The van der Waals surface area contributed by atoms with Crippen LogP contribution < -0.4 is 0 Å². The third-order valence-corrected chi connectivity index (χ3v) is 3.56. The molecule has 0 N–H and O–H groups in total. The average Bonchev–Trinajstić information content (AvgIpc) is 2.39. The van der Waals surface area contributed by atoms with E-state index in [2.05, 4.69) is 0 Å². The Morgan fingerprint density at radius 2 is 1.79 bits per heavy atom. The highest BCUT2D eigenvalue weighted by Crippen LogP contribution is 2.12. The summed E-state index contributed by atoms with van der Waals surface area (Å²) in [6, 6.07) is 7.35. The fraction of sp³-hybridized carbons (Fsp3) is 0.429. The Labute approximate surface area is 117 Å². The second-order valence-corrected chi connectivity index (χ2v) is 5.13. The first-order chi connectivity index (χ1) is 9.06. The molecule has 0 unspecified atom stereocenters. The monoisotopic (exact) mass is 280 g/mol. The molecule has 1 aliphatic heterocycles. The summed E-state index contributed by atoms with van der Waals surface area (Å²) in [6.07, 6.45) is 0.362. The van der Waals surface area contributed by atoms with E-state index in [9.17, 15) is 9.59 Å². The van der Waals surface area contributed by atoms with Crippen molar-refractivity contribution < 1.29 is 9.59 Å². The highest BCUT2D eigenvalue weighted by Gasteiger charge is 2.22. The zero-order valence-corrected chi connectivity index (χ0v) is 11.7. The zero-order valence-electron chi connectivity index (χ0n) is 10.9. The molecule has 0 aromatic heterocycles. The molecule has 0 spiro atoms. The third-order valence-electron chi connectivity index (χ3n) is 3.32. The minimum absolute atomic E-state index is 0.0712. The number of carbonyl (C=O) groups is 2. The number of carbonyl (C=O) groups excluding carboxylic acids is 2. The van der Waals surface area contributed by atoms with Gasteiger partial charge in [0.25, 0.3) is 0 Å². The molecule has 1 aromatic rings. The smallest absolute Gasteiger partial charge is 0.227 e. The predicted molar refractivity (Wildman–Crippen MR) is 74.0 cm³/mol. The third kappa shape index (κ3) is 3.70. The van der Waals surface area contributed by atoms with Crippen molar-refractivity contribution in [3.05, 3.63) is 34.9 Å². The minimum atomic E-state index is 0.0712. The Hall–Kier alpha value is -1.55. The van der Waals surface area contributed by atoms with E-state index in [1.807, 2.05) is 18.2 Å². The standard InChI is InChI=1S/C14H17ClN2O2/c1-11(18)16-5-7-17(8-6-16)14(19)10-12-3-2-4-13(15)9-12/h2-4,9H,5-8,10H2,1H3. The molecule has 1 aliphatic rings. The van der Waals surface area contributed by atoms with Crippen LogP contribution in [0.2, 0.25) is 5.02 Å². The van der Waals surface area contributed by atoms with Gasteiger partial charge in [-0.2, -0.15) is 0 Å². The topological polar surface area (TPSA) is 40.6 Å². The number of piperazine rings is 1. The second kappa shape index (κ2) is 6.06. The summed E-state index contributed by atoms with van der Waals surface area (Å²) >= 11 is 5.90. The lowest BCUT2D eigenvalue weighted by Gasteiger charge is -2.34. The van der Waals surface area contributed by atoms with Crippen LogP contribution in [-0.2, 0) is 16.0 Å². The SMILES string of the molecule is CC(=O)N1CCN(C(=O)Cc2cccc(Cl)c2)CC1. The van der Waals surface area contributed by atoms with Gasteiger partial charge in [-0.15, -0.1) is 0 Å². The predicted octanol–water partition coefficient (Wildman–Crippen LogP) is 1.57. The van der Waals surface area contributed by atoms with Crippen LogP contribution in [0.5, 0.6) is 0 Å². The molecule has 0 bridgehead atoms. The van der Waals surface area contributed by atoms with E-state index in [1.165, 1.54) is 0 Å². The molecule has 5 heteroatoms. The van der Waals surface area contributed by atoms with E-state index in [-0.39, 0.29) is 11.8 Å². The molecule has 0 saturated carbocycles. The lowest BCUT2D eigenvalue weighted by molar-refractivity contribution is -0.138. The first-order valence-electron chi connectivity index (χ1n) is 6.34. The molecule has 2 amide bonds. The molecule has 1 saturated heterocycles. The van der Waals surface area contributed by atoms with Crippen molar-refractivity contribution in [3.63, 3.8) is 0 Å². The van der Waals surface area contributed by atoms with Crippen LogP contribution in [0.3, 0.4) is 0 Å². The Morgan fingerprint density at radius 3 is 2.37 bits per heavy atom. The number of benzene rings is 1. The highest BCUT2D eigenvalue weighted by atomic mass is 35.5. The molecular formula is C14H17ClN2O2. The molecule has 1 fully saturated rings. The van der Waals surface area contributed by atoms with Gasteiger partial charge in [0.05, 0.1) is 6.42 Å². The molecule has 0 aliphatic carbocycles. The maximum Gasteiger partial charge on any atom is 0.227 e. The van der Waals surface area contributed by atoms with Crippen LogP contribution in [-0.4, -0.2) is 47.8 Å². The van der Waals surface area contributed by atoms with Crippen molar-refractivity contribution in [1.82, 2.24) is 9.80 Å². The summed E-state index contributed by atoms with van der Waals surface area (Å²) in [7, 11) is 0. The van der Waals surface area contributed by atoms with Gasteiger partial charge in [-0.05, 0) is 17.7 Å². The van der Waals surface area contributed by atoms with Gasteiger partial charge in [-0.1, -0.05) is 23.7 Å². The van der Waals surface area contributed by atoms with Crippen LogP contribution in [0.25, 0.3) is 0 Å². The summed E-state index contributed by atoms with van der Waals surface area (Å²) in [4.78, 5) is 26.9. The number of nitrogens with zero attached hydrogens (tertiary/aromatic N) is 2. The van der Waals surface area contributed by atoms with E-state index in [1.54, 1.807) is 22.8 Å². The van der Waals surface area contributed by atoms with Crippen LogP contribution in [0, 0.1) is 0 Å². The van der Waals surface area contributed by atoms with Crippen molar-refractivity contribution in [3.8, 4) is 0 Å². The molecule has 1 heterocycles. The lowest BCUT2D eigenvalue weighted by Crippen LogP contribution is -2.50. The van der Waals surface area contributed by atoms with Gasteiger partial charge in [-0.3, -0.25) is 9.59 Å². The number of hydrogen-bond acceptors (Lipinski definition) is 2. The van der Waals surface area contributed by atoms with Gasteiger partial charge in [0.1, 0.15) is 0 Å². The van der Waals surface area contributed by atoms with Crippen molar-refractivity contribution in [2.75, 3.05) is 26.2 Å². The Balaban J connectivity index is 1.90. The highest BCUT2D eigenvalue weighted by molar-refractivity contribution is 6.30. The van der Waals surface area contributed by atoms with Gasteiger partial charge >= 0.3 is 0 Å². The van der Waals surface area contributed by atoms with Crippen molar-refractivity contribution >= 4 is 23.4 Å². The van der Waals surface area contributed by atoms with Crippen LogP contribution >= 0.6 is 11.6 Å². The number of amides is 2. The molecule has 0 radical (unpaired) electrons. The van der Waals surface area contributed by atoms with Gasteiger partial charge in [0.15, 0.2) is 0 Å². The first-order valence-corrected chi connectivity index (χ1v) is 6.72. The fourth-order valence-electron chi connectivity index (χ4n) is 2.20. The lowest BCUT2D eigenvalue weighted by atomic mass is 10.1. The van der Waals surface area contributed by atoms with Gasteiger partial charge in [-0.25, -0.2) is 0 Å². The van der Waals surface area contributed by atoms with Gasteiger partial charge < -0.3 is 9.80 Å².